The van der Waals surface area contributed by atoms with Gasteiger partial charge < -0.3 is 0 Å². The smallest absolute Gasteiger partial charge is 0.272 e. The number of allylic oxidation sites excluding steroid dienone is 1. The van der Waals surface area contributed by atoms with Gasteiger partial charge in [0.25, 0.3) is 17.7 Å². The van der Waals surface area contributed by atoms with Crippen LogP contribution in [0.25, 0.3) is 0 Å². The first-order valence-electron chi connectivity index (χ1n) is 8.32. The van der Waals surface area contributed by atoms with Gasteiger partial charge in [0.05, 0.1) is 17.4 Å². The van der Waals surface area contributed by atoms with Gasteiger partial charge in [-0.05, 0) is 49.4 Å². The molecule has 5 nitrogen and oxygen atoms in total. The van der Waals surface area contributed by atoms with E-state index < -0.39 is 41.3 Å². The number of fused-ring (bicyclic) bond motifs is 2. The van der Waals surface area contributed by atoms with E-state index in [-0.39, 0.29) is 11.5 Å². The first-order chi connectivity index (χ1) is 12.3. The second-order valence-electron chi connectivity index (χ2n) is 6.84. The molecule has 2 fully saturated rings. The van der Waals surface area contributed by atoms with Crippen molar-refractivity contribution in [1.29, 1.82) is 0 Å². The first-order valence-corrected chi connectivity index (χ1v) is 8.32. The van der Waals surface area contributed by atoms with Crippen LogP contribution >= 0.6 is 0 Å². The fraction of sp³-hybridized carbons (Fsp3) is 0.389. The van der Waals surface area contributed by atoms with Gasteiger partial charge in [-0.25, -0.2) is 0 Å². The Labute approximate surface area is 146 Å². The molecular weight excluding hydrogens is 349 g/mol. The van der Waals surface area contributed by atoms with Crippen molar-refractivity contribution in [3.8, 4) is 0 Å². The summed E-state index contributed by atoms with van der Waals surface area (Å²) in [6, 6.07) is 3.60. The standard InChI is InChI=1S/C18H15F3N2O3/c19-18(20,21)12-7-5-11(6-8-12)15(24)22-23-16(25)13-9-1-2-10(4-3-9)14(13)17(23)26/h1,5-8,10,13-14H,2-4H2,(H,22,24). The van der Waals surface area contributed by atoms with E-state index in [0.717, 1.165) is 54.1 Å². The van der Waals surface area contributed by atoms with Crippen LogP contribution in [-0.2, 0) is 15.8 Å². The van der Waals surface area contributed by atoms with Crippen LogP contribution in [0.5, 0.6) is 0 Å². The zero-order chi connectivity index (χ0) is 18.6. The normalized spacial score (nSPS) is 27.4. The minimum absolute atomic E-state index is 0.0596. The summed E-state index contributed by atoms with van der Waals surface area (Å²) < 4.78 is 37.8. The third kappa shape index (κ3) is 2.51. The molecule has 2 bridgehead atoms. The molecule has 4 aliphatic rings. The molecule has 3 unspecified atom stereocenters. The molecule has 26 heavy (non-hydrogen) atoms. The lowest BCUT2D eigenvalue weighted by molar-refractivity contribution is -0.143. The maximum absolute atomic E-state index is 12.6. The van der Waals surface area contributed by atoms with E-state index in [0.29, 0.717) is 0 Å². The lowest BCUT2D eigenvalue weighted by Crippen LogP contribution is -2.46. The predicted octanol–water partition coefficient (Wildman–Crippen LogP) is 2.69. The number of imide groups is 1. The molecule has 1 heterocycles. The lowest BCUT2D eigenvalue weighted by atomic mass is 9.65. The van der Waals surface area contributed by atoms with E-state index in [9.17, 15) is 27.6 Å². The van der Waals surface area contributed by atoms with Gasteiger partial charge in [-0.2, -0.15) is 18.2 Å². The Kier molecular flexibility index (Phi) is 3.68. The summed E-state index contributed by atoms with van der Waals surface area (Å²) in [7, 11) is 0. The summed E-state index contributed by atoms with van der Waals surface area (Å²) >= 11 is 0. The van der Waals surface area contributed by atoms with E-state index in [1.165, 1.54) is 0 Å². The summed E-state index contributed by atoms with van der Waals surface area (Å²) in [6.45, 7) is 0. The Morgan fingerprint density at radius 2 is 1.81 bits per heavy atom. The monoisotopic (exact) mass is 364 g/mol. The maximum Gasteiger partial charge on any atom is 0.416 e. The van der Waals surface area contributed by atoms with Crippen LogP contribution in [0.2, 0.25) is 0 Å². The van der Waals surface area contributed by atoms with Crippen molar-refractivity contribution in [2.45, 2.75) is 25.4 Å². The molecule has 1 aromatic carbocycles. The fourth-order valence-electron chi connectivity index (χ4n) is 4.13. The van der Waals surface area contributed by atoms with Crippen molar-refractivity contribution in [2.24, 2.45) is 17.8 Å². The molecule has 0 aromatic heterocycles. The van der Waals surface area contributed by atoms with Crippen molar-refractivity contribution in [2.75, 3.05) is 0 Å². The molecule has 1 saturated carbocycles. The molecule has 1 saturated heterocycles. The largest absolute Gasteiger partial charge is 0.416 e. The van der Waals surface area contributed by atoms with Crippen molar-refractivity contribution < 1.29 is 27.6 Å². The van der Waals surface area contributed by atoms with Gasteiger partial charge in [-0.1, -0.05) is 11.6 Å². The number of halogens is 3. The van der Waals surface area contributed by atoms with E-state index in [1.807, 2.05) is 6.08 Å². The van der Waals surface area contributed by atoms with Gasteiger partial charge in [-0.15, -0.1) is 0 Å². The number of carbonyl (C=O) groups is 3. The van der Waals surface area contributed by atoms with Crippen molar-refractivity contribution in [1.82, 2.24) is 10.4 Å². The zero-order valence-electron chi connectivity index (χ0n) is 13.5. The molecule has 1 N–H and O–H groups in total. The van der Waals surface area contributed by atoms with Gasteiger partial charge >= 0.3 is 6.18 Å². The number of nitrogens with zero attached hydrogens (tertiary/aromatic N) is 1. The van der Waals surface area contributed by atoms with E-state index in [1.54, 1.807) is 0 Å². The van der Waals surface area contributed by atoms with Gasteiger partial charge in [0.1, 0.15) is 0 Å². The second-order valence-corrected chi connectivity index (χ2v) is 6.84. The molecule has 136 valence electrons. The van der Waals surface area contributed by atoms with Crippen molar-refractivity contribution in [3.63, 3.8) is 0 Å². The minimum Gasteiger partial charge on any atom is -0.272 e. The number of rotatable bonds is 2. The highest BCUT2D eigenvalue weighted by Crippen LogP contribution is 2.49. The topological polar surface area (TPSA) is 66.5 Å². The number of nitrogens with one attached hydrogen (secondary N) is 1. The van der Waals surface area contributed by atoms with Crippen LogP contribution in [-0.4, -0.2) is 22.7 Å². The number of alkyl halides is 3. The number of amides is 3. The molecule has 1 aromatic rings. The number of benzene rings is 1. The van der Waals surface area contributed by atoms with Crippen molar-refractivity contribution in [3.05, 3.63) is 47.0 Å². The minimum atomic E-state index is -4.50. The number of hydrogen-bond donors (Lipinski definition) is 1. The van der Waals surface area contributed by atoms with Gasteiger partial charge in [0, 0.05) is 5.56 Å². The molecule has 1 aliphatic heterocycles. The number of hydrazine groups is 1. The van der Waals surface area contributed by atoms with Crippen LogP contribution in [0.3, 0.4) is 0 Å². The molecular formula is C18H15F3N2O3. The Morgan fingerprint density at radius 1 is 1.12 bits per heavy atom. The zero-order valence-corrected chi connectivity index (χ0v) is 13.5. The van der Waals surface area contributed by atoms with Crippen LogP contribution in [0.15, 0.2) is 35.9 Å². The molecule has 0 spiro atoms. The molecule has 5 rings (SSSR count). The van der Waals surface area contributed by atoms with Gasteiger partial charge in [0.15, 0.2) is 0 Å². The lowest BCUT2D eigenvalue weighted by Gasteiger charge is -2.36. The average molecular weight is 364 g/mol. The summed E-state index contributed by atoms with van der Waals surface area (Å²) in [5.41, 5.74) is 2.27. The first kappa shape index (κ1) is 16.8. The SMILES string of the molecule is O=C(NN1C(=O)C2C3=CCC(CC3)C2C1=O)c1ccc(C(F)(F)F)cc1. The van der Waals surface area contributed by atoms with E-state index in [4.69, 9.17) is 0 Å². The molecule has 3 amide bonds. The molecule has 3 atom stereocenters. The Hall–Kier alpha value is -2.64. The van der Waals surface area contributed by atoms with Crippen LogP contribution < -0.4 is 5.43 Å². The maximum atomic E-state index is 12.6. The highest BCUT2D eigenvalue weighted by Gasteiger charge is 2.56. The fourth-order valence-corrected chi connectivity index (χ4v) is 4.13. The second kappa shape index (κ2) is 5.69. The molecule has 3 aliphatic carbocycles. The summed E-state index contributed by atoms with van der Waals surface area (Å²) in [4.78, 5) is 37.5. The predicted molar refractivity (Wildman–Crippen MR) is 83.2 cm³/mol. The highest BCUT2D eigenvalue weighted by molar-refractivity contribution is 6.09. The summed E-state index contributed by atoms with van der Waals surface area (Å²) in [5.74, 6) is -2.54. The number of carbonyl (C=O) groups excluding carboxylic acids is 3. The summed E-state index contributed by atoms with van der Waals surface area (Å²) in [6.07, 6.45) is -0.102. The van der Waals surface area contributed by atoms with Crippen LogP contribution in [0.4, 0.5) is 13.2 Å². The Balaban J connectivity index is 1.52. The quantitative estimate of drug-likeness (QED) is 0.648. The van der Waals surface area contributed by atoms with Gasteiger partial charge in [-0.3, -0.25) is 19.8 Å². The third-order valence-electron chi connectivity index (χ3n) is 5.43. The Bertz CT molecular complexity index is 829. The van der Waals surface area contributed by atoms with Gasteiger partial charge in [0.2, 0.25) is 0 Å². The van der Waals surface area contributed by atoms with Crippen LogP contribution in [0, 0.1) is 17.8 Å². The molecule has 0 radical (unpaired) electrons. The van der Waals surface area contributed by atoms with Crippen molar-refractivity contribution >= 4 is 17.7 Å². The third-order valence-corrected chi connectivity index (χ3v) is 5.43. The highest BCUT2D eigenvalue weighted by atomic mass is 19.4. The Morgan fingerprint density at radius 3 is 2.35 bits per heavy atom. The number of hydrogen-bond acceptors (Lipinski definition) is 3. The average Bonchev–Trinajstić information content (AvgIpc) is 2.89. The van der Waals surface area contributed by atoms with Crippen LogP contribution in [0.1, 0.15) is 35.2 Å². The van der Waals surface area contributed by atoms with E-state index >= 15 is 0 Å². The van der Waals surface area contributed by atoms with E-state index in [2.05, 4.69) is 5.43 Å². The summed E-state index contributed by atoms with van der Waals surface area (Å²) in [5, 5.41) is 0.743. The molecule has 8 heteroatoms.